The first kappa shape index (κ1) is 13.5. The van der Waals surface area contributed by atoms with Crippen molar-refractivity contribution in [3.05, 3.63) is 11.1 Å². The minimum Gasteiger partial charge on any atom is -0.481 e. The van der Waals surface area contributed by atoms with Crippen LogP contribution >= 0.6 is 0 Å². The van der Waals surface area contributed by atoms with E-state index in [0.717, 1.165) is 0 Å². The molecule has 1 rings (SSSR count). The van der Waals surface area contributed by atoms with Crippen LogP contribution in [0.4, 0.5) is 13.2 Å². The molecule has 1 fully saturated rings. The number of alkyl halides is 3. The molecular formula is C9H11F3N2O3. The molecule has 0 radical (unpaired) electrons. The van der Waals surface area contributed by atoms with Gasteiger partial charge in [0.2, 0.25) is 0 Å². The van der Waals surface area contributed by atoms with E-state index in [4.69, 9.17) is 10.8 Å². The zero-order chi connectivity index (χ0) is 13.4. The number of nitrogens with two attached hydrogens (primary N) is 2. The van der Waals surface area contributed by atoms with E-state index >= 15 is 0 Å². The summed E-state index contributed by atoms with van der Waals surface area (Å²) in [4.78, 5) is 21.5. The molecule has 17 heavy (non-hydrogen) atoms. The van der Waals surface area contributed by atoms with Gasteiger partial charge < -0.3 is 16.6 Å². The van der Waals surface area contributed by atoms with Crippen molar-refractivity contribution in [3.8, 4) is 0 Å². The Morgan fingerprint density at radius 3 is 2.18 bits per heavy atom. The number of carbonyl (C=O) groups is 2. The van der Waals surface area contributed by atoms with Crippen molar-refractivity contribution < 1.29 is 27.9 Å². The third kappa shape index (κ3) is 2.76. The monoisotopic (exact) mass is 252 g/mol. The number of hydrogen-bond acceptors (Lipinski definition) is 3. The Hall–Kier alpha value is -1.57. The molecule has 1 saturated carbocycles. The first-order valence-corrected chi connectivity index (χ1v) is 4.73. The first-order valence-electron chi connectivity index (χ1n) is 4.73. The second-order valence-corrected chi connectivity index (χ2v) is 3.84. The van der Waals surface area contributed by atoms with E-state index in [2.05, 4.69) is 5.73 Å². The molecule has 0 aromatic carbocycles. The molecule has 0 unspecified atom stereocenters. The van der Waals surface area contributed by atoms with Gasteiger partial charge in [-0.15, -0.1) is 0 Å². The lowest BCUT2D eigenvalue weighted by Gasteiger charge is -2.14. The van der Waals surface area contributed by atoms with E-state index in [9.17, 15) is 22.8 Å². The van der Waals surface area contributed by atoms with Gasteiger partial charge in [0.15, 0.2) is 0 Å². The van der Waals surface area contributed by atoms with Gasteiger partial charge in [0.1, 0.15) is 5.57 Å². The highest BCUT2D eigenvalue weighted by Crippen LogP contribution is 2.37. The van der Waals surface area contributed by atoms with Crippen LogP contribution in [0.2, 0.25) is 0 Å². The van der Waals surface area contributed by atoms with Gasteiger partial charge in [-0.1, -0.05) is 0 Å². The van der Waals surface area contributed by atoms with Gasteiger partial charge in [-0.05, 0) is 18.4 Å². The van der Waals surface area contributed by atoms with E-state index in [0.29, 0.717) is 0 Å². The number of halogens is 3. The van der Waals surface area contributed by atoms with Crippen LogP contribution in [0.5, 0.6) is 0 Å². The van der Waals surface area contributed by atoms with E-state index in [1.807, 2.05) is 0 Å². The number of amides is 1. The predicted molar refractivity (Wildman–Crippen MR) is 50.6 cm³/mol. The standard InChI is InChI=1S/C9H11F3N2O3/c10-9(11,12)6(7(14)15)4-1-3(8(16)17)2-5(4)13/h3,5H,1-2,13H2,(H2,14,15)(H,16,17)/b6-4+/t3-,5-/m0/s1. The van der Waals surface area contributed by atoms with Gasteiger partial charge in [0, 0.05) is 6.04 Å². The molecule has 5 nitrogen and oxygen atoms in total. The number of hydrogen-bond donors (Lipinski definition) is 3. The maximum absolute atomic E-state index is 12.6. The highest BCUT2D eigenvalue weighted by atomic mass is 19.4. The molecule has 0 saturated heterocycles. The molecule has 1 aliphatic rings. The molecule has 2 atom stereocenters. The summed E-state index contributed by atoms with van der Waals surface area (Å²) in [5.74, 6) is -3.87. The second kappa shape index (κ2) is 4.36. The number of carboxylic acid groups (broad SMARTS) is 1. The largest absolute Gasteiger partial charge is 0.481 e. The lowest BCUT2D eigenvalue weighted by Crippen LogP contribution is -2.31. The van der Waals surface area contributed by atoms with Crippen LogP contribution in [-0.4, -0.2) is 29.2 Å². The van der Waals surface area contributed by atoms with E-state index in [-0.39, 0.29) is 6.42 Å². The molecule has 0 heterocycles. The minimum atomic E-state index is -4.91. The van der Waals surface area contributed by atoms with Gasteiger partial charge in [-0.3, -0.25) is 9.59 Å². The third-order valence-corrected chi connectivity index (χ3v) is 2.65. The summed E-state index contributed by atoms with van der Waals surface area (Å²) in [5, 5.41) is 8.70. The number of aliphatic carboxylic acids is 1. The van der Waals surface area contributed by atoms with Crippen molar-refractivity contribution in [3.63, 3.8) is 0 Å². The smallest absolute Gasteiger partial charge is 0.421 e. The Balaban J connectivity index is 3.18. The lowest BCUT2D eigenvalue weighted by molar-refractivity contribution is -0.141. The molecule has 96 valence electrons. The van der Waals surface area contributed by atoms with Crippen LogP contribution in [0.25, 0.3) is 0 Å². The Kier molecular flexibility index (Phi) is 3.46. The van der Waals surface area contributed by atoms with Crippen molar-refractivity contribution in [2.45, 2.75) is 25.1 Å². The normalized spacial score (nSPS) is 28.0. The number of carboxylic acids is 1. The molecular weight excluding hydrogens is 241 g/mol. The lowest BCUT2D eigenvalue weighted by atomic mass is 10.0. The average Bonchev–Trinajstić information content (AvgIpc) is 2.45. The van der Waals surface area contributed by atoms with Crippen molar-refractivity contribution in [2.75, 3.05) is 0 Å². The molecule has 1 aliphatic carbocycles. The van der Waals surface area contributed by atoms with Gasteiger partial charge in [-0.2, -0.15) is 13.2 Å². The van der Waals surface area contributed by atoms with Crippen molar-refractivity contribution in [1.29, 1.82) is 0 Å². The van der Waals surface area contributed by atoms with Crippen molar-refractivity contribution >= 4 is 11.9 Å². The van der Waals surface area contributed by atoms with Crippen LogP contribution in [0.1, 0.15) is 12.8 Å². The van der Waals surface area contributed by atoms with E-state index < -0.39 is 47.6 Å². The van der Waals surface area contributed by atoms with Crippen LogP contribution in [0, 0.1) is 5.92 Å². The Labute approximate surface area is 94.3 Å². The Bertz CT molecular complexity index is 389. The number of rotatable bonds is 2. The Morgan fingerprint density at radius 2 is 1.88 bits per heavy atom. The number of carbonyl (C=O) groups excluding carboxylic acids is 1. The van der Waals surface area contributed by atoms with Crippen LogP contribution in [0.3, 0.4) is 0 Å². The fourth-order valence-electron chi connectivity index (χ4n) is 1.90. The number of primary amides is 1. The molecule has 0 aliphatic heterocycles. The summed E-state index contributed by atoms with van der Waals surface area (Å²) in [5.41, 5.74) is 8.14. The van der Waals surface area contributed by atoms with Crippen molar-refractivity contribution in [1.82, 2.24) is 0 Å². The quantitative estimate of drug-likeness (QED) is 0.608. The molecule has 5 N–H and O–H groups in total. The Morgan fingerprint density at radius 1 is 1.35 bits per heavy atom. The van der Waals surface area contributed by atoms with E-state index in [1.54, 1.807) is 0 Å². The van der Waals surface area contributed by atoms with Gasteiger partial charge in [-0.25, -0.2) is 0 Å². The molecule has 0 aromatic rings. The topological polar surface area (TPSA) is 106 Å². The molecule has 0 spiro atoms. The molecule has 1 amide bonds. The van der Waals surface area contributed by atoms with Crippen molar-refractivity contribution in [2.24, 2.45) is 17.4 Å². The highest BCUT2D eigenvalue weighted by Gasteiger charge is 2.44. The fourth-order valence-corrected chi connectivity index (χ4v) is 1.90. The molecule has 0 aromatic heterocycles. The maximum atomic E-state index is 12.6. The summed E-state index contributed by atoms with van der Waals surface area (Å²) < 4.78 is 37.7. The van der Waals surface area contributed by atoms with Crippen LogP contribution in [-0.2, 0) is 9.59 Å². The van der Waals surface area contributed by atoms with E-state index in [1.165, 1.54) is 0 Å². The summed E-state index contributed by atoms with van der Waals surface area (Å²) in [6.45, 7) is 0. The highest BCUT2D eigenvalue weighted by molar-refractivity contribution is 5.94. The zero-order valence-electron chi connectivity index (χ0n) is 8.62. The predicted octanol–water partition coefficient (Wildman–Crippen LogP) is 0.152. The first-order chi connectivity index (χ1) is 7.64. The molecule has 8 heteroatoms. The van der Waals surface area contributed by atoms with Crippen LogP contribution in [0.15, 0.2) is 11.1 Å². The van der Waals surface area contributed by atoms with Gasteiger partial charge in [0.25, 0.3) is 5.91 Å². The average molecular weight is 252 g/mol. The van der Waals surface area contributed by atoms with Gasteiger partial charge >= 0.3 is 12.1 Å². The minimum absolute atomic E-state index is 0.127. The zero-order valence-corrected chi connectivity index (χ0v) is 8.62. The van der Waals surface area contributed by atoms with Gasteiger partial charge in [0.05, 0.1) is 5.92 Å². The summed E-state index contributed by atoms with van der Waals surface area (Å²) in [6.07, 6.45) is -5.43. The molecule has 0 bridgehead atoms. The maximum Gasteiger partial charge on any atom is 0.421 e. The fraction of sp³-hybridized carbons (Fsp3) is 0.556. The second-order valence-electron chi connectivity index (χ2n) is 3.84. The summed E-state index contributed by atoms with van der Waals surface area (Å²) in [7, 11) is 0. The SMILES string of the molecule is NC(=O)/C(=C1/C[C@H](C(=O)O)C[C@@H]1N)C(F)(F)F. The summed E-state index contributed by atoms with van der Waals surface area (Å²) >= 11 is 0. The third-order valence-electron chi connectivity index (χ3n) is 2.65. The van der Waals surface area contributed by atoms with Crippen LogP contribution < -0.4 is 11.5 Å². The summed E-state index contributed by atoms with van der Waals surface area (Å²) in [6, 6.07) is -1.10.